The van der Waals surface area contributed by atoms with Crippen molar-refractivity contribution in [3.05, 3.63) is 54.4 Å². The number of rotatable bonds is 7. The molecular weight excluding hydrogens is 531 g/mol. The number of hydrogen-bond donors (Lipinski definition) is 1. The quantitative estimate of drug-likeness (QED) is 0.247. The Morgan fingerprint density at radius 2 is 1.83 bits per heavy atom. The largest absolute Gasteiger partial charge is 0.405 e. The van der Waals surface area contributed by atoms with Crippen molar-refractivity contribution in [2.75, 3.05) is 6.54 Å². The first-order valence-electron chi connectivity index (χ1n) is 10.8. The minimum atomic E-state index is -4.51. The number of benzene rings is 1. The molecule has 35 heavy (non-hydrogen) atoms. The van der Waals surface area contributed by atoms with Crippen LogP contribution in [0.25, 0.3) is 0 Å². The average molecular weight is 551 g/mol. The van der Waals surface area contributed by atoms with Crippen LogP contribution in [-0.4, -0.2) is 30.1 Å². The summed E-state index contributed by atoms with van der Waals surface area (Å²) in [6.07, 6.45) is -2.38. The summed E-state index contributed by atoms with van der Waals surface area (Å²) in [6, 6.07) is 2.89. The van der Waals surface area contributed by atoms with Crippen molar-refractivity contribution in [1.82, 2.24) is 5.32 Å². The molecule has 1 atom stereocenters. The van der Waals surface area contributed by atoms with Crippen LogP contribution in [0.3, 0.4) is 0 Å². The highest BCUT2D eigenvalue weighted by molar-refractivity contribution is 7.16. The molecule has 1 amide bonds. The molecule has 0 bridgehead atoms. The number of carbonyl (C=O) groups excluding carboxylic acids is 2. The van der Waals surface area contributed by atoms with Crippen LogP contribution in [0.1, 0.15) is 63.8 Å². The molecule has 1 unspecified atom stereocenters. The molecular formula is C23H20Cl2F4N2O3S. The lowest BCUT2D eigenvalue weighted by Crippen LogP contribution is -2.33. The third kappa shape index (κ3) is 5.49. The van der Waals surface area contributed by atoms with Gasteiger partial charge < -0.3 is 10.2 Å². The number of nitrogens with one attached hydrogen (secondary N) is 1. The fourth-order valence-corrected chi connectivity index (χ4v) is 6.06. The molecule has 2 heterocycles. The van der Waals surface area contributed by atoms with Crippen molar-refractivity contribution >= 4 is 51.9 Å². The second kappa shape index (κ2) is 9.71. The lowest BCUT2D eigenvalue weighted by atomic mass is 9.90. The van der Waals surface area contributed by atoms with Gasteiger partial charge in [-0.05, 0) is 49.4 Å². The van der Waals surface area contributed by atoms with Gasteiger partial charge in [-0.2, -0.15) is 13.2 Å². The third-order valence-electron chi connectivity index (χ3n) is 6.01. The Morgan fingerprint density at radius 1 is 1.17 bits per heavy atom. The maximum atomic E-state index is 13.9. The van der Waals surface area contributed by atoms with Gasteiger partial charge in [-0.1, -0.05) is 28.4 Å². The van der Waals surface area contributed by atoms with Crippen LogP contribution < -0.4 is 5.32 Å². The summed E-state index contributed by atoms with van der Waals surface area (Å²) in [5.41, 5.74) is 2.15. The smallest absolute Gasteiger partial charge is 0.384 e. The van der Waals surface area contributed by atoms with Gasteiger partial charge in [0.05, 0.1) is 19.8 Å². The predicted molar refractivity (Wildman–Crippen MR) is 125 cm³/mol. The molecule has 1 N–H and O–H groups in total. The zero-order valence-corrected chi connectivity index (χ0v) is 20.8. The summed E-state index contributed by atoms with van der Waals surface area (Å²) in [5.74, 6) is -1.84. The Balaban J connectivity index is 1.50. The zero-order chi connectivity index (χ0) is 25.5. The number of nitrogens with zero attached hydrogens (tertiary/aromatic N) is 1. The first-order valence-corrected chi connectivity index (χ1v) is 12.4. The average Bonchev–Trinajstić information content (AvgIpc) is 3.49. The summed E-state index contributed by atoms with van der Waals surface area (Å²) in [5, 5.41) is 5.77. The van der Waals surface area contributed by atoms with Crippen molar-refractivity contribution in [1.29, 1.82) is 0 Å². The van der Waals surface area contributed by atoms with Crippen LogP contribution in [-0.2, 0) is 28.1 Å². The van der Waals surface area contributed by atoms with E-state index >= 15 is 0 Å². The Kier molecular flexibility index (Phi) is 7.19. The first-order chi connectivity index (χ1) is 16.4. The van der Waals surface area contributed by atoms with Crippen LogP contribution in [0, 0.1) is 5.82 Å². The minimum Gasteiger partial charge on any atom is -0.384 e. The lowest BCUT2D eigenvalue weighted by Gasteiger charge is -2.22. The number of oxime groups is 1. The maximum absolute atomic E-state index is 13.9. The van der Waals surface area contributed by atoms with E-state index in [1.165, 1.54) is 23.5 Å². The molecule has 0 radical (unpaired) electrons. The van der Waals surface area contributed by atoms with Gasteiger partial charge in [0.1, 0.15) is 12.3 Å². The summed E-state index contributed by atoms with van der Waals surface area (Å²) in [4.78, 5) is 31.6. The molecule has 1 aromatic heterocycles. The highest BCUT2D eigenvalue weighted by Gasteiger charge is 2.40. The number of carbonyl (C=O) groups is 2. The van der Waals surface area contributed by atoms with E-state index in [2.05, 4.69) is 5.16 Å². The molecule has 1 aromatic carbocycles. The van der Waals surface area contributed by atoms with Gasteiger partial charge in [0.2, 0.25) is 5.91 Å². The van der Waals surface area contributed by atoms with Gasteiger partial charge in [0.25, 0.3) is 0 Å². The predicted octanol–water partition coefficient (Wildman–Crippen LogP) is 6.36. The molecule has 1 aliphatic heterocycles. The standard InChI is InChI=1S/C23H20Cl2F4N2O3S/c1-22(11-7-14(24)19(26)15(25)8-11)9-16(31-34-22)20-12-3-2-4-13(12)21(35-20)17(32)5-6-18(33)30-10-23(27,28)29/h7-8H,2-6,9-10H2,1H3,(H,30,33). The van der Waals surface area contributed by atoms with Crippen molar-refractivity contribution in [2.45, 2.75) is 57.2 Å². The molecule has 4 rings (SSSR count). The van der Waals surface area contributed by atoms with E-state index in [0.717, 1.165) is 28.8 Å². The molecule has 2 aromatic rings. The van der Waals surface area contributed by atoms with Gasteiger partial charge in [0.15, 0.2) is 17.2 Å². The fourth-order valence-electron chi connectivity index (χ4n) is 4.23. The highest BCUT2D eigenvalue weighted by atomic mass is 35.5. The number of hydrogen-bond acceptors (Lipinski definition) is 5. The van der Waals surface area contributed by atoms with Gasteiger partial charge in [-0.15, -0.1) is 11.3 Å². The molecule has 0 saturated heterocycles. The number of fused-ring (bicyclic) bond motifs is 1. The van der Waals surface area contributed by atoms with E-state index in [-0.39, 0.29) is 28.7 Å². The first kappa shape index (κ1) is 25.9. The number of thiophene rings is 1. The van der Waals surface area contributed by atoms with Crippen LogP contribution >= 0.6 is 34.5 Å². The highest BCUT2D eigenvalue weighted by Crippen LogP contribution is 2.43. The topological polar surface area (TPSA) is 67.8 Å². The second-order valence-corrected chi connectivity index (χ2v) is 10.5. The molecule has 0 spiro atoms. The summed E-state index contributed by atoms with van der Waals surface area (Å²) < 4.78 is 50.7. The number of alkyl halides is 3. The Hall–Kier alpha value is -2.17. The summed E-state index contributed by atoms with van der Waals surface area (Å²) in [7, 11) is 0. The van der Waals surface area contributed by atoms with E-state index in [1.807, 2.05) is 0 Å². The SMILES string of the molecule is CC1(c2cc(Cl)c(F)c(Cl)c2)CC(c2sc(C(=O)CCC(=O)NCC(F)(F)F)c3c2CCC3)=NO1. The van der Waals surface area contributed by atoms with Gasteiger partial charge >= 0.3 is 6.18 Å². The number of Topliss-reactive ketones (excluding diaryl/α,β-unsaturated/α-hetero) is 1. The Bertz CT molecular complexity index is 1210. The molecule has 188 valence electrons. The van der Waals surface area contributed by atoms with Crippen molar-refractivity contribution in [3.63, 3.8) is 0 Å². The Morgan fingerprint density at radius 3 is 2.49 bits per heavy atom. The van der Waals surface area contributed by atoms with Crippen LogP contribution in [0.4, 0.5) is 17.6 Å². The molecule has 1 aliphatic carbocycles. The van der Waals surface area contributed by atoms with E-state index in [9.17, 15) is 27.2 Å². The molecule has 5 nitrogen and oxygen atoms in total. The second-order valence-electron chi connectivity index (χ2n) is 8.68. The number of amides is 1. The monoisotopic (exact) mass is 550 g/mol. The number of halogens is 6. The molecule has 0 saturated carbocycles. The van der Waals surface area contributed by atoms with Crippen molar-refractivity contribution in [2.24, 2.45) is 5.16 Å². The molecule has 12 heteroatoms. The fraction of sp³-hybridized carbons (Fsp3) is 0.435. The van der Waals surface area contributed by atoms with Crippen molar-refractivity contribution in [3.8, 4) is 0 Å². The van der Waals surface area contributed by atoms with Crippen LogP contribution in [0.2, 0.25) is 10.0 Å². The van der Waals surface area contributed by atoms with E-state index < -0.39 is 30.0 Å². The van der Waals surface area contributed by atoms with Crippen LogP contribution in [0.15, 0.2) is 17.3 Å². The van der Waals surface area contributed by atoms with Crippen molar-refractivity contribution < 1.29 is 32.0 Å². The normalized spacial score (nSPS) is 19.3. The van der Waals surface area contributed by atoms with E-state index in [1.54, 1.807) is 12.2 Å². The Labute approximate surface area is 212 Å². The molecule has 0 fully saturated rings. The van der Waals surface area contributed by atoms with Crippen LogP contribution in [0.5, 0.6) is 0 Å². The van der Waals surface area contributed by atoms with E-state index in [4.69, 9.17) is 28.0 Å². The van der Waals surface area contributed by atoms with Gasteiger partial charge in [0, 0.05) is 24.8 Å². The maximum Gasteiger partial charge on any atom is 0.405 e. The lowest BCUT2D eigenvalue weighted by molar-refractivity contribution is -0.138. The van der Waals surface area contributed by atoms with Gasteiger partial charge in [-0.25, -0.2) is 4.39 Å². The number of ketones is 1. The summed E-state index contributed by atoms with van der Waals surface area (Å²) in [6.45, 7) is 0.352. The minimum absolute atomic E-state index is 0.130. The van der Waals surface area contributed by atoms with E-state index in [0.29, 0.717) is 29.0 Å². The molecule has 2 aliphatic rings. The van der Waals surface area contributed by atoms with Gasteiger partial charge in [-0.3, -0.25) is 9.59 Å². The zero-order valence-electron chi connectivity index (χ0n) is 18.5. The third-order valence-corrected chi connectivity index (χ3v) is 7.92. The summed E-state index contributed by atoms with van der Waals surface area (Å²) >= 11 is 13.2.